The molecule has 1 N–H and O–H groups in total. The molecule has 1 fully saturated rings. The van der Waals surface area contributed by atoms with Gasteiger partial charge in [-0.1, -0.05) is 12.1 Å². The Morgan fingerprint density at radius 2 is 1.66 bits per heavy atom. The normalized spacial score (nSPS) is 15.9. The van der Waals surface area contributed by atoms with E-state index in [1.807, 2.05) is 32.9 Å². The Hall–Kier alpha value is -3.95. The second kappa shape index (κ2) is 10.4. The molecule has 1 unspecified atom stereocenters. The predicted molar refractivity (Wildman–Crippen MR) is 138 cm³/mol. The third kappa shape index (κ3) is 6.48. The van der Waals surface area contributed by atoms with Crippen LogP contribution in [0.25, 0.3) is 11.3 Å². The van der Waals surface area contributed by atoms with Crippen LogP contribution in [0.1, 0.15) is 43.3 Å². The van der Waals surface area contributed by atoms with Crippen molar-refractivity contribution in [3.63, 3.8) is 0 Å². The molecule has 2 heterocycles. The molecule has 0 radical (unpaired) electrons. The van der Waals surface area contributed by atoms with Crippen molar-refractivity contribution in [3.8, 4) is 11.3 Å². The zero-order valence-electron chi connectivity index (χ0n) is 21.6. The monoisotopic (exact) mass is 529 g/mol. The van der Waals surface area contributed by atoms with E-state index in [2.05, 4.69) is 10.2 Å². The molecule has 0 saturated carbocycles. The fourth-order valence-electron chi connectivity index (χ4n) is 4.16. The van der Waals surface area contributed by atoms with E-state index in [0.717, 1.165) is 30.8 Å². The molecule has 2 aromatic carbocycles. The fourth-order valence-corrected chi connectivity index (χ4v) is 4.16. The number of hydrogen-bond donors (Lipinski definition) is 1. The summed E-state index contributed by atoms with van der Waals surface area (Å²) in [6.45, 7) is 6.96. The molecule has 3 aromatic rings. The Labute approximate surface area is 219 Å². The minimum Gasteiger partial charge on any atom is -0.451 e. The van der Waals surface area contributed by atoms with Gasteiger partial charge in [-0.05, 0) is 75.7 Å². The number of nitrogens with one attached hydrogen (secondary N) is 1. The van der Waals surface area contributed by atoms with Gasteiger partial charge in [0.1, 0.15) is 11.4 Å². The number of amides is 2. The van der Waals surface area contributed by atoms with Gasteiger partial charge in [0.25, 0.3) is 5.91 Å². The number of carbonyl (C=O) groups excluding carboxylic acids is 2. The zero-order chi connectivity index (χ0) is 27.7. The SMILES string of the molecule is CN(C(=O)OC(C)(C)C)C1CCN(c2ccc(NC(=O)c3ccc(-c4ccc(C(F)(F)F)cc4)o3)cc2)C1. The van der Waals surface area contributed by atoms with Crippen molar-refractivity contribution in [2.24, 2.45) is 0 Å². The lowest BCUT2D eigenvalue weighted by Gasteiger charge is -2.28. The predicted octanol–water partition coefficient (Wildman–Crippen LogP) is 6.66. The van der Waals surface area contributed by atoms with E-state index in [1.165, 1.54) is 18.2 Å². The quantitative estimate of drug-likeness (QED) is 0.400. The van der Waals surface area contributed by atoms with Crippen LogP contribution in [0.5, 0.6) is 0 Å². The van der Waals surface area contributed by atoms with E-state index in [-0.39, 0.29) is 17.9 Å². The molecule has 1 saturated heterocycles. The summed E-state index contributed by atoms with van der Waals surface area (Å²) in [5, 5.41) is 2.76. The molecule has 10 heteroatoms. The molecule has 1 aromatic heterocycles. The van der Waals surface area contributed by atoms with Crippen LogP contribution in [-0.2, 0) is 10.9 Å². The lowest BCUT2D eigenvalue weighted by atomic mass is 10.1. The number of ether oxygens (including phenoxy) is 1. The summed E-state index contributed by atoms with van der Waals surface area (Å²) in [5.41, 5.74) is 0.651. The topological polar surface area (TPSA) is 75.0 Å². The van der Waals surface area contributed by atoms with Gasteiger partial charge in [-0.3, -0.25) is 4.79 Å². The van der Waals surface area contributed by atoms with Crippen molar-refractivity contribution in [1.29, 1.82) is 0 Å². The third-order valence-corrected chi connectivity index (χ3v) is 6.21. The third-order valence-electron chi connectivity index (χ3n) is 6.21. The fraction of sp³-hybridized carbons (Fsp3) is 0.357. The van der Waals surface area contributed by atoms with Crippen LogP contribution in [0.15, 0.2) is 65.1 Å². The molecule has 1 aliphatic heterocycles. The minimum absolute atomic E-state index is 0.0297. The van der Waals surface area contributed by atoms with Gasteiger partial charge in [-0.15, -0.1) is 0 Å². The van der Waals surface area contributed by atoms with Crippen LogP contribution < -0.4 is 10.2 Å². The zero-order valence-corrected chi connectivity index (χ0v) is 21.6. The number of furan rings is 1. The largest absolute Gasteiger partial charge is 0.451 e. The number of rotatable bonds is 5. The highest BCUT2D eigenvalue weighted by Crippen LogP contribution is 2.32. The second-order valence-electron chi connectivity index (χ2n) is 10.2. The van der Waals surface area contributed by atoms with Crippen molar-refractivity contribution in [2.75, 3.05) is 30.4 Å². The maximum Gasteiger partial charge on any atom is 0.416 e. The Kier molecular flexibility index (Phi) is 7.44. The van der Waals surface area contributed by atoms with E-state index in [4.69, 9.17) is 9.15 Å². The molecule has 202 valence electrons. The minimum atomic E-state index is -4.42. The van der Waals surface area contributed by atoms with Crippen LogP contribution in [-0.4, -0.2) is 48.7 Å². The summed E-state index contributed by atoms with van der Waals surface area (Å²) in [6.07, 6.45) is -3.95. The van der Waals surface area contributed by atoms with E-state index in [9.17, 15) is 22.8 Å². The Morgan fingerprint density at radius 1 is 1.00 bits per heavy atom. The van der Waals surface area contributed by atoms with Crippen molar-refractivity contribution >= 4 is 23.4 Å². The van der Waals surface area contributed by atoms with Crippen LogP contribution in [0.2, 0.25) is 0 Å². The Bertz CT molecular complexity index is 1280. The van der Waals surface area contributed by atoms with Gasteiger partial charge in [0.05, 0.1) is 11.6 Å². The maximum atomic E-state index is 12.8. The first-order valence-electron chi connectivity index (χ1n) is 12.2. The van der Waals surface area contributed by atoms with Crippen molar-refractivity contribution in [2.45, 2.75) is 45.0 Å². The van der Waals surface area contributed by atoms with Crippen molar-refractivity contribution < 1.29 is 31.9 Å². The van der Waals surface area contributed by atoms with E-state index >= 15 is 0 Å². The summed E-state index contributed by atoms with van der Waals surface area (Å²) in [7, 11) is 1.75. The number of hydrogen-bond acceptors (Lipinski definition) is 5. The highest BCUT2D eigenvalue weighted by Gasteiger charge is 2.31. The maximum absolute atomic E-state index is 12.8. The molecule has 2 amide bonds. The van der Waals surface area contributed by atoms with Gasteiger partial charge in [0.15, 0.2) is 5.76 Å². The van der Waals surface area contributed by atoms with Crippen LogP contribution in [0.3, 0.4) is 0 Å². The van der Waals surface area contributed by atoms with Crippen LogP contribution in [0, 0.1) is 0 Å². The standard InChI is InChI=1S/C28H30F3N3O4/c1-27(2,3)38-26(36)33(4)22-15-16-34(17-22)21-11-9-20(10-12-21)32-25(35)24-14-13-23(37-24)18-5-7-19(8-6-18)28(29,30)31/h5-14,22H,15-17H2,1-4H3,(H,32,35). The number of anilines is 2. The first kappa shape index (κ1) is 27.1. The molecule has 1 atom stereocenters. The van der Waals surface area contributed by atoms with Gasteiger partial charge < -0.3 is 24.3 Å². The van der Waals surface area contributed by atoms with Gasteiger partial charge >= 0.3 is 12.3 Å². The van der Waals surface area contributed by atoms with Crippen LogP contribution >= 0.6 is 0 Å². The Balaban J connectivity index is 1.34. The number of carbonyl (C=O) groups is 2. The average Bonchev–Trinajstić information content (AvgIpc) is 3.53. The highest BCUT2D eigenvalue weighted by molar-refractivity contribution is 6.02. The summed E-state index contributed by atoms with van der Waals surface area (Å²) in [5.74, 6) is -0.146. The van der Waals surface area contributed by atoms with E-state index < -0.39 is 23.2 Å². The molecule has 38 heavy (non-hydrogen) atoms. The summed E-state index contributed by atoms with van der Waals surface area (Å²) >= 11 is 0. The number of nitrogens with zero attached hydrogens (tertiary/aromatic N) is 2. The highest BCUT2D eigenvalue weighted by atomic mass is 19.4. The molecule has 4 rings (SSSR count). The first-order chi connectivity index (χ1) is 17.8. The van der Waals surface area contributed by atoms with Crippen molar-refractivity contribution in [3.05, 3.63) is 72.0 Å². The van der Waals surface area contributed by atoms with Gasteiger partial charge in [-0.25, -0.2) is 4.79 Å². The molecule has 0 spiro atoms. The van der Waals surface area contributed by atoms with Crippen LogP contribution in [0.4, 0.5) is 29.3 Å². The molecule has 7 nitrogen and oxygen atoms in total. The summed E-state index contributed by atoms with van der Waals surface area (Å²) in [4.78, 5) is 28.8. The summed E-state index contributed by atoms with van der Waals surface area (Å²) in [6, 6.07) is 14.9. The number of halogens is 3. The molecule has 1 aliphatic rings. The molecule has 0 bridgehead atoms. The molecular weight excluding hydrogens is 499 g/mol. The second-order valence-corrected chi connectivity index (χ2v) is 10.2. The van der Waals surface area contributed by atoms with E-state index in [1.54, 1.807) is 30.1 Å². The first-order valence-corrected chi connectivity index (χ1v) is 12.2. The lowest BCUT2D eigenvalue weighted by Crippen LogP contribution is -2.42. The number of benzene rings is 2. The number of likely N-dealkylation sites (N-methyl/N-ethyl adjacent to an activating group) is 1. The van der Waals surface area contributed by atoms with Crippen molar-refractivity contribution in [1.82, 2.24) is 4.90 Å². The molecule has 0 aliphatic carbocycles. The summed E-state index contributed by atoms with van der Waals surface area (Å²) < 4.78 is 49.4. The molecular formula is C28H30F3N3O4. The van der Waals surface area contributed by atoms with Gasteiger partial charge in [0.2, 0.25) is 0 Å². The lowest BCUT2D eigenvalue weighted by molar-refractivity contribution is -0.137. The van der Waals surface area contributed by atoms with Gasteiger partial charge in [0, 0.05) is 37.1 Å². The van der Waals surface area contributed by atoms with E-state index in [0.29, 0.717) is 23.6 Å². The average molecular weight is 530 g/mol. The van der Waals surface area contributed by atoms with Gasteiger partial charge in [-0.2, -0.15) is 13.2 Å². The number of alkyl halides is 3. The Morgan fingerprint density at radius 3 is 2.26 bits per heavy atom. The smallest absolute Gasteiger partial charge is 0.416 e.